The van der Waals surface area contributed by atoms with Crippen molar-refractivity contribution < 1.29 is 9.50 Å². The third-order valence-corrected chi connectivity index (χ3v) is 4.35. The SMILES string of the molecule is CC(NCC1(C)CCCCC1)c1cc(F)ccc1O. The fourth-order valence-electron chi connectivity index (χ4n) is 2.96. The molecule has 106 valence electrons. The van der Waals surface area contributed by atoms with Gasteiger partial charge in [-0.2, -0.15) is 0 Å². The van der Waals surface area contributed by atoms with Crippen molar-refractivity contribution in [3.05, 3.63) is 29.6 Å². The van der Waals surface area contributed by atoms with Crippen molar-refractivity contribution in [3.8, 4) is 5.75 Å². The normalized spacial score (nSPS) is 20.2. The van der Waals surface area contributed by atoms with Crippen LogP contribution in [0, 0.1) is 11.2 Å². The highest BCUT2D eigenvalue weighted by Crippen LogP contribution is 2.36. The van der Waals surface area contributed by atoms with Gasteiger partial charge in [0.1, 0.15) is 11.6 Å². The first-order chi connectivity index (χ1) is 9.00. The summed E-state index contributed by atoms with van der Waals surface area (Å²) in [5.74, 6) is -0.138. The number of hydrogen-bond donors (Lipinski definition) is 2. The third-order valence-electron chi connectivity index (χ3n) is 4.35. The van der Waals surface area contributed by atoms with Gasteiger partial charge in [0.05, 0.1) is 0 Å². The van der Waals surface area contributed by atoms with Crippen LogP contribution in [0.25, 0.3) is 0 Å². The van der Waals surface area contributed by atoms with Crippen molar-refractivity contribution in [1.82, 2.24) is 5.32 Å². The molecule has 0 aromatic heterocycles. The van der Waals surface area contributed by atoms with Gasteiger partial charge in [-0.05, 0) is 43.4 Å². The summed E-state index contributed by atoms with van der Waals surface area (Å²) in [6.07, 6.45) is 6.45. The van der Waals surface area contributed by atoms with Crippen molar-refractivity contribution in [2.75, 3.05) is 6.54 Å². The summed E-state index contributed by atoms with van der Waals surface area (Å²) in [6, 6.07) is 4.09. The number of rotatable bonds is 4. The number of hydrogen-bond acceptors (Lipinski definition) is 2. The van der Waals surface area contributed by atoms with Crippen LogP contribution in [0.4, 0.5) is 4.39 Å². The predicted octanol–water partition coefficient (Wildman–Crippen LogP) is 4.15. The van der Waals surface area contributed by atoms with Gasteiger partial charge >= 0.3 is 0 Å². The first kappa shape index (κ1) is 14.3. The van der Waals surface area contributed by atoms with Crippen molar-refractivity contribution in [1.29, 1.82) is 0 Å². The molecule has 0 bridgehead atoms. The van der Waals surface area contributed by atoms with Gasteiger partial charge in [-0.1, -0.05) is 26.2 Å². The van der Waals surface area contributed by atoms with Gasteiger partial charge in [-0.3, -0.25) is 0 Å². The number of benzene rings is 1. The van der Waals surface area contributed by atoms with E-state index in [2.05, 4.69) is 12.2 Å². The van der Waals surface area contributed by atoms with Gasteiger partial charge in [0.2, 0.25) is 0 Å². The Morgan fingerprint density at radius 3 is 2.68 bits per heavy atom. The predicted molar refractivity (Wildman–Crippen MR) is 75.7 cm³/mol. The minimum Gasteiger partial charge on any atom is -0.508 e. The summed E-state index contributed by atoms with van der Waals surface area (Å²) in [4.78, 5) is 0. The fourth-order valence-corrected chi connectivity index (χ4v) is 2.96. The van der Waals surface area contributed by atoms with E-state index in [0.717, 1.165) is 6.54 Å². The van der Waals surface area contributed by atoms with Crippen LogP contribution >= 0.6 is 0 Å². The van der Waals surface area contributed by atoms with Gasteiger partial charge in [0, 0.05) is 18.2 Å². The lowest BCUT2D eigenvalue weighted by Crippen LogP contribution is -2.35. The molecule has 1 saturated carbocycles. The molecule has 0 amide bonds. The topological polar surface area (TPSA) is 32.3 Å². The largest absolute Gasteiger partial charge is 0.508 e. The lowest BCUT2D eigenvalue weighted by molar-refractivity contribution is 0.201. The molecule has 0 heterocycles. The van der Waals surface area contributed by atoms with E-state index in [1.807, 2.05) is 6.92 Å². The lowest BCUT2D eigenvalue weighted by Gasteiger charge is -2.35. The molecule has 2 rings (SSSR count). The maximum Gasteiger partial charge on any atom is 0.123 e. The van der Waals surface area contributed by atoms with Gasteiger partial charge in [0.15, 0.2) is 0 Å². The van der Waals surface area contributed by atoms with Gasteiger partial charge in [0.25, 0.3) is 0 Å². The smallest absolute Gasteiger partial charge is 0.123 e. The van der Waals surface area contributed by atoms with Crippen LogP contribution in [0.15, 0.2) is 18.2 Å². The zero-order valence-corrected chi connectivity index (χ0v) is 11.9. The highest BCUT2D eigenvalue weighted by molar-refractivity contribution is 5.34. The van der Waals surface area contributed by atoms with E-state index in [-0.39, 0.29) is 17.6 Å². The molecule has 19 heavy (non-hydrogen) atoms. The van der Waals surface area contributed by atoms with E-state index in [9.17, 15) is 9.50 Å². The Balaban J connectivity index is 1.97. The Morgan fingerprint density at radius 1 is 1.32 bits per heavy atom. The first-order valence-electron chi connectivity index (χ1n) is 7.22. The molecular weight excluding hydrogens is 241 g/mol. The van der Waals surface area contributed by atoms with Crippen molar-refractivity contribution in [2.24, 2.45) is 5.41 Å². The number of aromatic hydroxyl groups is 1. The van der Waals surface area contributed by atoms with E-state index >= 15 is 0 Å². The van der Waals surface area contributed by atoms with Crippen LogP contribution < -0.4 is 5.32 Å². The Hall–Kier alpha value is -1.09. The first-order valence-corrected chi connectivity index (χ1v) is 7.22. The maximum atomic E-state index is 13.2. The van der Waals surface area contributed by atoms with Gasteiger partial charge < -0.3 is 10.4 Å². The van der Waals surface area contributed by atoms with E-state index in [0.29, 0.717) is 11.0 Å². The number of phenols is 1. The molecule has 1 atom stereocenters. The molecule has 1 fully saturated rings. The Kier molecular flexibility index (Phi) is 4.46. The molecule has 1 unspecified atom stereocenters. The summed E-state index contributed by atoms with van der Waals surface area (Å²) in [5.41, 5.74) is 0.981. The highest BCUT2D eigenvalue weighted by atomic mass is 19.1. The number of halogens is 1. The lowest BCUT2D eigenvalue weighted by atomic mass is 9.75. The Bertz CT molecular complexity index is 427. The summed E-state index contributed by atoms with van der Waals surface area (Å²) in [6.45, 7) is 5.21. The van der Waals surface area contributed by atoms with Crippen molar-refractivity contribution >= 4 is 0 Å². The molecule has 2 nitrogen and oxygen atoms in total. The zero-order chi connectivity index (χ0) is 13.9. The molecule has 0 aliphatic heterocycles. The van der Waals surface area contributed by atoms with E-state index < -0.39 is 0 Å². The Morgan fingerprint density at radius 2 is 2.00 bits per heavy atom. The average Bonchev–Trinajstić information content (AvgIpc) is 2.40. The molecule has 1 aromatic carbocycles. The minimum atomic E-state index is -0.301. The number of nitrogens with one attached hydrogen (secondary N) is 1. The second kappa shape index (κ2) is 5.91. The third kappa shape index (κ3) is 3.69. The molecule has 1 aliphatic carbocycles. The second-order valence-electron chi connectivity index (χ2n) is 6.18. The quantitative estimate of drug-likeness (QED) is 0.857. The van der Waals surface area contributed by atoms with Crippen LogP contribution in [-0.4, -0.2) is 11.7 Å². The summed E-state index contributed by atoms with van der Waals surface area (Å²) >= 11 is 0. The van der Waals surface area contributed by atoms with Crippen LogP contribution in [0.3, 0.4) is 0 Å². The monoisotopic (exact) mass is 265 g/mol. The van der Waals surface area contributed by atoms with Crippen molar-refractivity contribution in [2.45, 2.75) is 52.0 Å². The van der Waals surface area contributed by atoms with Gasteiger partial charge in [-0.25, -0.2) is 4.39 Å². The highest BCUT2D eigenvalue weighted by Gasteiger charge is 2.27. The van der Waals surface area contributed by atoms with Gasteiger partial charge in [-0.15, -0.1) is 0 Å². The van der Waals surface area contributed by atoms with Crippen LogP contribution in [0.1, 0.15) is 57.6 Å². The second-order valence-corrected chi connectivity index (χ2v) is 6.18. The Labute approximate surface area is 115 Å². The summed E-state index contributed by atoms with van der Waals surface area (Å²) < 4.78 is 13.2. The van der Waals surface area contributed by atoms with Crippen LogP contribution in [0.2, 0.25) is 0 Å². The molecule has 0 saturated heterocycles. The van der Waals surface area contributed by atoms with E-state index in [1.165, 1.54) is 50.3 Å². The summed E-state index contributed by atoms with van der Waals surface area (Å²) in [5, 5.41) is 13.3. The van der Waals surface area contributed by atoms with Crippen LogP contribution in [-0.2, 0) is 0 Å². The fraction of sp³-hybridized carbons (Fsp3) is 0.625. The maximum absolute atomic E-state index is 13.2. The standard InChI is InChI=1S/C16H24FNO/c1-12(14-10-13(17)6-7-15(14)19)18-11-16(2)8-4-3-5-9-16/h6-7,10,12,18-19H,3-5,8-9,11H2,1-2H3. The summed E-state index contributed by atoms with van der Waals surface area (Å²) in [7, 11) is 0. The molecule has 2 N–H and O–H groups in total. The molecule has 1 aromatic rings. The van der Waals surface area contributed by atoms with E-state index in [4.69, 9.17) is 0 Å². The molecular formula is C16H24FNO. The molecule has 3 heteroatoms. The molecule has 0 radical (unpaired) electrons. The number of phenolic OH excluding ortho intramolecular Hbond substituents is 1. The zero-order valence-electron chi connectivity index (χ0n) is 11.9. The van der Waals surface area contributed by atoms with Crippen LogP contribution in [0.5, 0.6) is 5.75 Å². The van der Waals surface area contributed by atoms with Crippen molar-refractivity contribution in [3.63, 3.8) is 0 Å². The molecule has 1 aliphatic rings. The molecule has 0 spiro atoms. The minimum absolute atomic E-state index is 0.0329. The van der Waals surface area contributed by atoms with E-state index in [1.54, 1.807) is 0 Å². The average molecular weight is 265 g/mol.